The summed E-state index contributed by atoms with van der Waals surface area (Å²) < 4.78 is 0. The van der Waals surface area contributed by atoms with Crippen molar-refractivity contribution >= 4 is 17.3 Å². The molecular weight excluding hydrogens is 248 g/mol. The number of anilines is 1. The minimum Gasteiger partial charge on any atom is -0.378 e. The van der Waals surface area contributed by atoms with Gasteiger partial charge in [-0.2, -0.15) is 0 Å². The second-order valence-electron chi connectivity index (χ2n) is 4.12. The van der Waals surface area contributed by atoms with Gasteiger partial charge in [-0.3, -0.25) is 14.9 Å². The summed E-state index contributed by atoms with van der Waals surface area (Å²) in [7, 11) is 1.50. The molecule has 1 unspecified atom stereocenters. The molecule has 4 N–H and O–H groups in total. The molecular formula is C12H18N4O3. The Hall–Kier alpha value is -2.15. The molecule has 0 fully saturated rings. The van der Waals surface area contributed by atoms with Crippen molar-refractivity contribution in [1.82, 2.24) is 5.32 Å². The molecule has 0 saturated carbocycles. The van der Waals surface area contributed by atoms with E-state index in [1.165, 1.54) is 25.2 Å². The lowest BCUT2D eigenvalue weighted by Gasteiger charge is -2.12. The van der Waals surface area contributed by atoms with Crippen molar-refractivity contribution < 1.29 is 9.72 Å². The van der Waals surface area contributed by atoms with Crippen molar-refractivity contribution in [3.05, 3.63) is 33.9 Å². The van der Waals surface area contributed by atoms with E-state index in [-0.39, 0.29) is 17.6 Å². The molecule has 7 heteroatoms. The molecule has 0 aliphatic rings. The monoisotopic (exact) mass is 266 g/mol. The second kappa shape index (κ2) is 6.69. The van der Waals surface area contributed by atoms with Crippen LogP contribution in [0, 0.1) is 10.1 Å². The van der Waals surface area contributed by atoms with E-state index in [9.17, 15) is 14.9 Å². The molecule has 1 rings (SSSR count). The first-order valence-electron chi connectivity index (χ1n) is 5.99. The van der Waals surface area contributed by atoms with Crippen LogP contribution in [0.3, 0.4) is 0 Å². The van der Waals surface area contributed by atoms with E-state index < -0.39 is 4.92 Å². The van der Waals surface area contributed by atoms with E-state index in [0.29, 0.717) is 17.8 Å². The summed E-state index contributed by atoms with van der Waals surface area (Å²) in [6.45, 7) is 2.34. The Morgan fingerprint density at radius 2 is 2.21 bits per heavy atom. The molecule has 0 aliphatic heterocycles. The topological polar surface area (TPSA) is 110 Å². The Balaban J connectivity index is 3.01. The highest BCUT2D eigenvalue weighted by Crippen LogP contribution is 2.25. The average Bonchev–Trinajstić information content (AvgIpc) is 2.43. The van der Waals surface area contributed by atoms with Gasteiger partial charge >= 0.3 is 0 Å². The highest BCUT2D eigenvalue weighted by Gasteiger charge is 2.16. The van der Waals surface area contributed by atoms with Crippen LogP contribution in [-0.2, 0) is 0 Å². The van der Waals surface area contributed by atoms with Gasteiger partial charge in [-0.15, -0.1) is 0 Å². The van der Waals surface area contributed by atoms with Gasteiger partial charge in [0.1, 0.15) is 5.69 Å². The van der Waals surface area contributed by atoms with Crippen LogP contribution < -0.4 is 16.4 Å². The van der Waals surface area contributed by atoms with Crippen LogP contribution in [0.25, 0.3) is 0 Å². The van der Waals surface area contributed by atoms with E-state index in [1.54, 1.807) is 0 Å². The zero-order chi connectivity index (χ0) is 14.4. The summed E-state index contributed by atoms with van der Waals surface area (Å²) in [5, 5.41) is 16.3. The van der Waals surface area contributed by atoms with Gasteiger partial charge < -0.3 is 16.4 Å². The molecule has 0 aromatic heterocycles. The smallest absolute Gasteiger partial charge is 0.292 e. The Morgan fingerprint density at radius 3 is 2.74 bits per heavy atom. The molecule has 0 radical (unpaired) electrons. The van der Waals surface area contributed by atoms with Gasteiger partial charge in [0.05, 0.1) is 4.92 Å². The number of benzene rings is 1. The normalized spacial score (nSPS) is 11.7. The number of rotatable bonds is 6. The summed E-state index contributed by atoms with van der Waals surface area (Å²) in [6, 6.07) is 4.09. The van der Waals surface area contributed by atoms with E-state index in [0.717, 1.165) is 6.42 Å². The molecule has 19 heavy (non-hydrogen) atoms. The third kappa shape index (κ3) is 3.92. The summed E-state index contributed by atoms with van der Waals surface area (Å²) in [4.78, 5) is 21.9. The molecule has 7 nitrogen and oxygen atoms in total. The zero-order valence-electron chi connectivity index (χ0n) is 11.0. The summed E-state index contributed by atoms with van der Waals surface area (Å²) in [5.74, 6) is -0.294. The minimum absolute atomic E-state index is 0.0732. The standard InChI is InChI=1S/C12H18N4O3/c1-3-9(13)7-15-10-6-8(12(17)14-2)4-5-11(10)16(18)19/h4-6,9,15H,3,7,13H2,1-2H3,(H,14,17). The van der Waals surface area contributed by atoms with E-state index in [1.807, 2.05) is 6.92 Å². The first kappa shape index (κ1) is 14.9. The van der Waals surface area contributed by atoms with Gasteiger partial charge in [0.25, 0.3) is 11.6 Å². The van der Waals surface area contributed by atoms with E-state index >= 15 is 0 Å². The molecule has 1 atom stereocenters. The van der Waals surface area contributed by atoms with Gasteiger partial charge in [0.15, 0.2) is 0 Å². The average molecular weight is 266 g/mol. The van der Waals surface area contributed by atoms with Gasteiger partial charge in [0, 0.05) is 31.3 Å². The molecule has 0 aliphatic carbocycles. The largest absolute Gasteiger partial charge is 0.378 e. The lowest BCUT2D eigenvalue weighted by atomic mass is 10.1. The van der Waals surface area contributed by atoms with Crippen molar-refractivity contribution in [2.45, 2.75) is 19.4 Å². The van der Waals surface area contributed by atoms with Crippen molar-refractivity contribution in [2.24, 2.45) is 5.73 Å². The Kier molecular flexibility index (Phi) is 5.25. The van der Waals surface area contributed by atoms with Gasteiger partial charge in [-0.05, 0) is 18.6 Å². The van der Waals surface area contributed by atoms with E-state index in [4.69, 9.17) is 5.73 Å². The number of nitro benzene ring substituents is 1. The van der Waals surface area contributed by atoms with Crippen LogP contribution >= 0.6 is 0 Å². The van der Waals surface area contributed by atoms with Crippen LogP contribution in [-0.4, -0.2) is 30.5 Å². The highest BCUT2D eigenvalue weighted by atomic mass is 16.6. The molecule has 0 bridgehead atoms. The predicted molar refractivity (Wildman–Crippen MR) is 73.2 cm³/mol. The van der Waals surface area contributed by atoms with Crippen molar-refractivity contribution in [3.63, 3.8) is 0 Å². The number of nitro groups is 1. The van der Waals surface area contributed by atoms with Crippen LogP contribution in [0.5, 0.6) is 0 Å². The third-order valence-corrected chi connectivity index (χ3v) is 2.76. The van der Waals surface area contributed by atoms with Gasteiger partial charge in [-0.1, -0.05) is 6.92 Å². The van der Waals surface area contributed by atoms with Gasteiger partial charge in [-0.25, -0.2) is 0 Å². The number of nitrogens with two attached hydrogens (primary N) is 1. The summed E-state index contributed by atoms with van der Waals surface area (Å²) >= 11 is 0. The van der Waals surface area contributed by atoms with Crippen LogP contribution in [0.15, 0.2) is 18.2 Å². The number of hydrogen-bond acceptors (Lipinski definition) is 5. The minimum atomic E-state index is -0.493. The fourth-order valence-electron chi connectivity index (χ4n) is 1.51. The van der Waals surface area contributed by atoms with Crippen molar-refractivity contribution in [3.8, 4) is 0 Å². The lowest BCUT2D eigenvalue weighted by Crippen LogP contribution is -2.28. The zero-order valence-corrected chi connectivity index (χ0v) is 11.0. The Labute approximate surface area is 111 Å². The first-order valence-corrected chi connectivity index (χ1v) is 5.99. The van der Waals surface area contributed by atoms with Crippen LogP contribution in [0.2, 0.25) is 0 Å². The quantitative estimate of drug-likeness (QED) is 0.527. The maximum absolute atomic E-state index is 11.5. The number of amides is 1. The predicted octanol–water partition coefficient (Wildman–Crippen LogP) is 1.10. The maximum Gasteiger partial charge on any atom is 0.292 e. The highest BCUT2D eigenvalue weighted by molar-refractivity contribution is 5.95. The lowest BCUT2D eigenvalue weighted by molar-refractivity contribution is -0.384. The summed E-state index contributed by atoms with van der Waals surface area (Å²) in [6.07, 6.45) is 0.760. The first-order chi connectivity index (χ1) is 8.99. The Morgan fingerprint density at radius 1 is 1.53 bits per heavy atom. The molecule has 0 spiro atoms. The number of carbonyl (C=O) groups is 1. The van der Waals surface area contributed by atoms with Crippen LogP contribution in [0.1, 0.15) is 23.7 Å². The number of nitrogens with one attached hydrogen (secondary N) is 2. The number of hydrogen-bond donors (Lipinski definition) is 3. The van der Waals surface area contributed by atoms with Crippen molar-refractivity contribution in [2.75, 3.05) is 18.9 Å². The summed E-state index contributed by atoms with van der Waals surface area (Å²) in [5.41, 5.74) is 6.35. The fourth-order valence-corrected chi connectivity index (χ4v) is 1.51. The third-order valence-electron chi connectivity index (χ3n) is 2.76. The second-order valence-corrected chi connectivity index (χ2v) is 4.12. The molecule has 0 heterocycles. The number of carbonyl (C=O) groups excluding carboxylic acids is 1. The molecule has 104 valence electrons. The fraction of sp³-hybridized carbons (Fsp3) is 0.417. The molecule has 0 saturated heterocycles. The molecule has 1 aromatic carbocycles. The molecule has 1 aromatic rings. The van der Waals surface area contributed by atoms with Gasteiger partial charge in [0.2, 0.25) is 0 Å². The number of nitrogens with zero attached hydrogens (tertiary/aromatic N) is 1. The van der Waals surface area contributed by atoms with E-state index in [2.05, 4.69) is 10.6 Å². The molecule has 1 amide bonds. The SMILES string of the molecule is CCC(N)CNc1cc(C(=O)NC)ccc1[N+](=O)[O-]. The maximum atomic E-state index is 11.5. The van der Waals surface area contributed by atoms with Crippen molar-refractivity contribution in [1.29, 1.82) is 0 Å². The Bertz CT molecular complexity index is 476. The van der Waals surface area contributed by atoms with Crippen LogP contribution in [0.4, 0.5) is 11.4 Å².